The topological polar surface area (TPSA) is 29.3 Å². The number of piperidine rings is 1. The third-order valence-electron chi connectivity index (χ3n) is 4.05. The molecule has 2 aliphatic rings. The number of nitrogens with zero attached hydrogens (tertiary/aromatic N) is 1. The van der Waals surface area contributed by atoms with Crippen LogP contribution < -0.4 is 5.73 Å². The van der Waals surface area contributed by atoms with Gasteiger partial charge in [-0.2, -0.15) is 0 Å². The monoisotopic (exact) mass is 209 g/mol. The summed E-state index contributed by atoms with van der Waals surface area (Å²) in [7, 11) is 0. The third-order valence-corrected chi connectivity index (χ3v) is 4.05. The molecule has 87 valence electrons. The van der Waals surface area contributed by atoms with Gasteiger partial charge in [0, 0.05) is 6.54 Å². The second kappa shape index (κ2) is 5.86. The first kappa shape index (κ1) is 11.4. The molecule has 1 heterocycles. The van der Waals surface area contributed by atoms with Gasteiger partial charge in [0.2, 0.25) is 0 Å². The summed E-state index contributed by atoms with van der Waals surface area (Å²) in [5.41, 5.74) is 5.71. The highest BCUT2D eigenvalue weighted by Crippen LogP contribution is 2.27. The van der Waals surface area contributed by atoms with E-state index in [0.29, 0.717) is 0 Å². The van der Waals surface area contributed by atoms with Gasteiger partial charge in [0.1, 0.15) is 0 Å². The molecule has 0 spiro atoms. The summed E-state index contributed by atoms with van der Waals surface area (Å²) < 4.78 is 0. The van der Waals surface area contributed by atoms with E-state index in [1.807, 2.05) is 5.92 Å². The first-order valence-electron chi connectivity index (χ1n) is 6.64. The molecule has 1 aliphatic heterocycles. The van der Waals surface area contributed by atoms with Crippen molar-refractivity contribution in [2.75, 3.05) is 26.2 Å². The Morgan fingerprint density at radius 2 is 1.73 bits per heavy atom. The molecule has 0 atom stereocenters. The Balaban J connectivity index is 1.67. The van der Waals surface area contributed by atoms with Crippen LogP contribution >= 0.6 is 0 Å². The minimum atomic E-state index is 0.803. The van der Waals surface area contributed by atoms with Gasteiger partial charge in [-0.3, -0.25) is 0 Å². The van der Waals surface area contributed by atoms with Crippen molar-refractivity contribution in [1.82, 2.24) is 4.90 Å². The van der Waals surface area contributed by atoms with E-state index in [4.69, 9.17) is 5.73 Å². The fourth-order valence-electron chi connectivity index (χ4n) is 2.91. The highest BCUT2D eigenvalue weighted by atomic mass is 15.1. The van der Waals surface area contributed by atoms with Crippen molar-refractivity contribution in [2.45, 2.75) is 44.9 Å². The molecule has 0 aromatic rings. The number of hydrogen-bond donors (Lipinski definition) is 1. The Kier molecular flexibility index (Phi) is 4.45. The summed E-state index contributed by atoms with van der Waals surface area (Å²) in [6.45, 7) is 4.75. The fourth-order valence-corrected chi connectivity index (χ4v) is 2.91. The van der Waals surface area contributed by atoms with Gasteiger partial charge in [-0.25, -0.2) is 0 Å². The molecule has 2 N–H and O–H groups in total. The summed E-state index contributed by atoms with van der Waals surface area (Å²) >= 11 is 0. The maximum absolute atomic E-state index is 5.71. The standard InChI is InChI=1S/C13H25N2/c14-10-12-6-8-15(9-7-12)11-13-4-2-1-3-5-13/h12H,1-11,14H2. The molecule has 0 unspecified atom stereocenters. The van der Waals surface area contributed by atoms with E-state index in [1.54, 1.807) is 0 Å². The molecule has 0 amide bonds. The van der Waals surface area contributed by atoms with Crippen LogP contribution in [0.5, 0.6) is 0 Å². The number of hydrogen-bond acceptors (Lipinski definition) is 2. The quantitative estimate of drug-likeness (QED) is 0.772. The molecule has 2 fully saturated rings. The van der Waals surface area contributed by atoms with Crippen LogP contribution in [0.15, 0.2) is 0 Å². The average Bonchev–Trinajstić information content (AvgIpc) is 2.31. The maximum Gasteiger partial charge on any atom is 0.00438 e. The van der Waals surface area contributed by atoms with Crippen molar-refractivity contribution in [3.8, 4) is 0 Å². The van der Waals surface area contributed by atoms with Crippen molar-refractivity contribution in [1.29, 1.82) is 0 Å². The molecule has 0 aromatic heterocycles. The Bertz CT molecular complexity index is 167. The molecule has 1 aliphatic carbocycles. The lowest BCUT2D eigenvalue weighted by atomic mass is 9.88. The van der Waals surface area contributed by atoms with Crippen LogP contribution in [0, 0.1) is 11.8 Å². The van der Waals surface area contributed by atoms with Gasteiger partial charge < -0.3 is 10.6 Å². The van der Waals surface area contributed by atoms with Crippen LogP contribution in [0.4, 0.5) is 0 Å². The largest absolute Gasteiger partial charge is 0.330 e. The molecule has 1 radical (unpaired) electrons. The number of rotatable bonds is 3. The van der Waals surface area contributed by atoms with Crippen LogP contribution in [0.1, 0.15) is 44.9 Å². The van der Waals surface area contributed by atoms with Crippen LogP contribution in [0.25, 0.3) is 0 Å². The van der Waals surface area contributed by atoms with E-state index in [0.717, 1.165) is 12.5 Å². The SMILES string of the molecule is NCC1CCN(C[C]2CCCCC2)CC1. The zero-order valence-electron chi connectivity index (χ0n) is 9.88. The Labute approximate surface area is 94.2 Å². The predicted molar refractivity (Wildman–Crippen MR) is 64.5 cm³/mol. The lowest BCUT2D eigenvalue weighted by Crippen LogP contribution is -2.38. The summed E-state index contributed by atoms with van der Waals surface area (Å²) in [6.07, 6.45) is 9.78. The average molecular weight is 209 g/mol. The fraction of sp³-hybridized carbons (Fsp3) is 0.923. The van der Waals surface area contributed by atoms with E-state index in [-0.39, 0.29) is 0 Å². The predicted octanol–water partition coefficient (Wildman–Crippen LogP) is 2.20. The van der Waals surface area contributed by atoms with Gasteiger partial charge in [-0.1, -0.05) is 19.3 Å². The van der Waals surface area contributed by atoms with E-state index in [9.17, 15) is 0 Å². The van der Waals surface area contributed by atoms with Crippen LogP contribution in [-0.2, 0) is 0 Å². The molecule has 1 saturated heterocycles. The molecule has 2 heteroatoms. The van der Waals surface area contributed by atoms with E-state index >= 15 is 0 Å². The van der Waals surface area contributed by atoms with Gasteiger partial charge in [0.05, 0.1) is 0 Å². The first-order valence-corrected chi connectivity index (χ1v) is 6.64. The summed E-state index contributed by atoms with van der Waals surface area (Å²) in [4.78, 5) is 2.65. The number of likely N-dealkylation sites (tertiary alicyclic amines) is 1. The van der Waals surface area contributed by atoms with Crippen LogP contribution in [0.2, 0.25) is 0 Å². The van der Waals surface area contributed by atoms with Crippen LogP contribution in [-0.4, -0.2) is 31.1 Å². The maximum atomic E-state index is 5.71. The molecule has 0 aromatic carbocycles. The number of nitrogens with two attached hydrogens (primary N) is 1. The van der Waals surface area contributed by atoms with Crippen molar-refractivity contribution >= 4 is 0 Å². The zero-order valence-corrected chi connectivity index (χ0v) is 9.88. The molecule has 1 saturated carbocycles. The Morgan fingerprint density at radius 1 is 1.07 bits per heavy atom. The van der Waals surface area contributed by atoms with Crippen molar-refractivity contribution in [3.05, 3.63) is 5.92 Å². The normalized spacial score (nSPS) is 27.0. The van der Waals surface area contributed by atoms with Gasteiger partial charge in [0.15, 0.2) is 0 Å². The van der Waals surface area contributed by atoms with Gasteiger partial charge in [0.25, 0.3) is 0 Å². The summed E-state index contributed by atoms with van der Waals surface area (Å²) in [5.74, 6) is 2.62. The summed E-state index contributed by atoms with van der Waals surface area (Å²) in [6, 6.07) is 0. The van der Waals surface area contributed by atoms with Crippen molar-refractivity contribution < 1.29 is 0 Å². The van der Waals surface area contributed by atoms with Crippen LogP contribution in [0.3, 0.4) is 0 Å². The lowest BCUT2D eigenvalue weighted by Gasteiger charge is -2.34. The Hall–Kier alpha value is -0.0800. The first-order chi connectivity index (χ1) is 7.38. The second-order valence-corrected chi connectivity index (χ2v) is 5.27. The van der Waals surface area contributed by atoms with E-state index in [2.05, 4.69) is 4.90 Å². The minimum Gasteiger partial charge on any atom is -0.330 e. The molecular formula is C13H25N2. The third kappa shape index (κ3) is 3.46. The highest BCUT2D eigenvalue weighted by molar-refractivity contribution is 4.96. The molecule has 15 heavy (non-hydrogen) atoms. The van der Waals surface area contributed by atoms with E-state index in [1.165, 1.54) is 64.6 Å². The molecule has 2 nitrogen and oxygen atoms in total. The smallest absolute Gasteiger partial charge is 0.00438 e. The second-order valence-electron chi connectivity index (χ2n) is 5.27. The lowest BCUT2D eigenvalue weighted by molar-refractivity contribution is 0.186. The van der Waals surface area contributed by atoms with Gasteiger partial charge >= 0.3 is 0 Å². The molecule has 2 rings (SSSR count). The van der Waals surface area contributed by atoms with E-state index < -0.39 is 0 Å². The highest BCUT2D eigenvalue weighted by Gasteiger charge is 2.22. The Morgan fingerprint density at radius 3 is 2.33 bits per heavy atom. The van der Waals surface area contributed by atoms with Crippen molar-refractivity contribution in [3.63, 3.8) is 0 Å². The molecule has 0 bridgehead atoms. The van der Waals surface area contributed by atoms with Crippen molar-refractivity contribution in [2.24, 2.45) is 11.7 Å². The van der Waals surface area contributed by atoms with Gasteiger partial charge in [-0.15, -0.1) is 0 Å². The zero-order chi connectivity index (χ0) is 10.5. The summed E-state index contributed by atoms with van der Waals surface area (Å²) in [5, 5.41) is 0. The van der Waals surface area contributed by atoms with Gasteiger partial charge in [-0.05, 0) is 57.2 Å². The minimum absolute atomic E-state index is 0.803. The molecular weight excluding hydrogens is 184 g/mol.